The molecule has 2 unspecified atom stereocenters. The van der Waals surface area contributed by atoms with Crippen molar-refractivity contribution in [3.8, 4) is 0 Å². The van der Waals surface area contributed by atoms with E-state index in [0.29, 0.717) is 30.5 Å². The lowest BCUT2D eigenvalue weighted by molar-refractivity contribution is -0.123. The van der Waals surface area contributed by atoms with Gasteiger partial charge >= 0.3 is 0 Å². The lowest BCUT2D eigenvalue weighted by Crippen LogP contribution is -2.42. The van der Waals surface area contributed by atoms with Gasteiger partial charge in [-0.05, 0) is 57.3 Å². The zero-order valence-electron chi connectivity index (χ0n) is 11.6. The molecule has 3 fully saturated rings. The Morgan fingerprint density at radius 3 is 2.32 bits per heavy atom. The second-order valence-corrected chi connectivity index (χ2v) is 6.75. The molecule has 0 aromatic heterocycles. The average Bonchev–Trinajstić information content (AvgIpc) is 2.72. The van der Waals surface area contributed by atoms with E-state index in [1.165, 1.54) is 25.7 Å². The van der Waals surface area contributed by atoms with E-state index in [9.17, 15) is 9.90 Å². The number of aliphatic hydroxyl groups excluding tert-OH is 1. The summed E-state index contributed by atoms with van der Waals surface area (Å²) < 4.78 is 0. The highest BCUT2D eigenvalue weighted by molar-refractivity contribution is 5.76. The predicted octanol–water partition coefficient (Wildman–Crippen LogP) is 1.33. The molecule has 1 aliphatic carbocycles. The predicted molar refractivity (Wildman–Crippen MR) is 73.7 cm³/mol. The number of aliphatic hydroxyl groups is 1. The normalized spacial score (nSPS) is 42.1. The largest absolute Gasteiger partial charge is 0.393 e. The second kappa shape index (κ2) is 5.80. The standard InChI is InChI=1S/C15H26N2O2/c18-14-5-3-11(4-6-14)17-15(19)9-10-7-12-1-2-13(8-10)16-12/h10-14,16,18H,1-9H2,(H,17,19). The molecule has 4 heteroatoms. The maximum absolute atomic E-state index is 12.1. The van der Waals surface area contributed by atoms with Gasteiger partial charge in [0.2, 0.25) is 5.91 Å². The summed E-state index contributed by atoms with van der Waals surface area (Å²) in [5.41, 5.74) is 0. The summed E-state index contributed by atoms with van der Waals surface area (Å²) in [5.74, 6) is 0.806. The highest BCUT2D eigenvalue weighted by Crippen LogP contribution is 2.32. The molecule has 1 saturated carbocycles. The minimum atomic E-state index is -0.145. The van der Waals surface area contributed by atoms with E-state index in [-0.39, 0.29) is 12.0 Å². The summed E-state index contributed by atoms with van der Waals surface area (Å²) in [6, 6.07) is 1.64. The monoisotopic (exact) mass is 266 g/mol. The van der Waals surface area contributed by atoms with Crippen LogP contribution in [0.5, 0.6) is 0 Å². The van der Waals surface area contributed by atoms with Gasteiger partial charge in [0.25, 0.3) is 0 Å². The Morgan fingerprint density at radius 2 is 1.68 bits per heavy atom. The van der Waals surface area contributed by atoms with Crippen LogP contribution in [0.25, 0.3) is 0 Å². The maximum Gasteiger partial charge on any atom is 0.220 e. The third-order valence-electron chi connectivity index (χ3n) is 5.11. The number of carbonyl (C=O) groups is 1. The number of hydrogen-bond acceptors (Lipinski definition) is 3. The quantitative estimate of drug-likeness (QED) is 0.722. The van der Waals surface area contributed by atoms with Crippen molar-refractivity contribution >= 4 is 5.91 Å². The van der Waals surface area contributed by atoms with Crippen molar-refractivity contribution < 1.29 is 9.90 Å². The Hall–Kier alpha value is -0.610. The van der Waals surface area contributed by atoms with E-state index >= 15 is 0 Å². The zero-order valence-corrected chi connectivity index (χ0v) is 11.6. The van der Waals surface area contributed by atoms with E-state index in [2.05, 4.69) is 10.6 Å². The molecule has 1 amide bonds. The Kier molecular flexibility index (Phi) is 4.08. The number of rotatable bonds is 3. The van der Waals surface area contributed by atoms with Gasteiger partial charge in [-0.3, -0.25) is 4.79 Å². The van der Waals surface area contributed by atoms with Crippen LogP contribution < -0.4 is 10.6 Å². The number of carbonyl (C=O) groups excluding carboxylic acids is 1. The summed E-state index contributed by atoms with van der Waals surface area (Å²) in [5, 5.41) is 16.3. The molecule has 19 heavy (non-hydrogen) atoms. The highest BCUT2D eigenvalue weighted by atomic mass is 16.3. The average molecular weight is 266 g/mol. The first-order valence-electron chi connectivity index (χ1n) is 7.92. The van der Waals surface area contributed by atoms with Crippen LogP contribution >= 0.6 is 0 Å². The van der Waals surface area contributed by atoms with Gasteiger partial charge in [0.15, 0.2) is 0 Å². The minimum absolute atomic E-state index is 0.145. The fraction of sp³-hybridized carbons (Fsp3) is 0.933. The third-order valence-corrected chi connectivity index (χ3v) is 5.11. The van der Waals surface area contributed by atoms with Crippen LogP contribution in [0.1, 0.15) is 57.8 Å². The highest BCUT2D eigenvalue weighted by Gasteiger charge is 2.34. The number of hydrogen-bond donors (Lipinski definition) is 3. The first-order chi connectivity index (χ1) is 9.19. The van der Waals surface area contributed by atoms with Crippen molar-refractivity contribution in [3.05, 3.63) is 0 Å². The van der Waals surface area contributed by atoms with Gasteiger partial charge < -0.3 is 15.7 Å². The molecule has 0 aromatic rings. The Labute approximate surface area is 115 Å². The Balaban J connectivity index is 1.41. The molecule has 108 valence electrons. The van der Waals surface area contributed by atoms with E-state index in [1.54, 1.807) is 0 Å². The molecule has 2 atom stereocenters. The first kappa shape index (κ1) is 13.4. The molecular formula is C15H26N2O2. The van der Waals surface area contributed by atoms with Gasteiger partial charge in [0.05, 0.1) is 6.10 Å². The van der Waals surface area contributed by atoms with Gasteiger partial charge in [-0.25, -0.2) is 0 Å². The fourth-order valence-corrected chi connectivity index (χ4v) is 4.11. The smallest absolute Gasteiger partial charge is 0.220 e. The SMILES string of the molecule is O=C(CC1CC2CCC(C1)N2)NC1CCC(O)CC1. The lowest BCUT2D eigenvalue weighted by atomic mass is 9.88. The molecule has 0 spiro atoms. The summed E-state index contributed by atoms with van der Waals surface area (Å²) in [6.07, 6.45) is 9.04. The van der Waals surface area contributed by atoms with Gasteiger partial charge in [-0.2, -0.15) is 0 Å². The van der Waals surface area contributed by atoms with E-state index in [0.717, 1.165) is 25.7 Å². The van der Waals surface area contributed by atoms with E-state index in [1.807, 2.05) is 0 Å². The molecule has 0 aromatic carbocycles. The van der Waals surface area contributed by atoms with Crippen molar-refractivity contribution in [3.63, 3.8) is 0 Å². The molecule has 3 aliphatic rings. The summed E-state index contributed by atoms with van der Waals surface area (Å²) in [6.45, 7) is 0. The lowest BCUT2D eigenvalue weighted by Gasteiger charge is -2.30. The fourth-order valence-electron chi connectivity index (χ4n) is 4.11. The van der Waals surface area contributed by atoms with Crippen LogP contribution in [0, 0.1) is 5.92 Å². The molecule has 2 bridgehead atoms. The summed E-state index contributed by atoms with van der Waals surface area (Å²) in [7, 11) is 0. The third kappa shape index (κ3) is 3.48. The summed E-state index contributed by atoms with van der Waals surface area (Å²) in [4.78, 5) is 12.1. The van der Waals surface area contributed by atoms with Crippen molar-refractivity contribution in [2.75, 3.05) is 0 Å². The van der Waals surface area contributed by atoms with Crippen LogP contribution in [-0.4, -0.2) is 35.2 Å². The summed E-state index contributed by atoms with van der Waals surface area (Å²) >= 11 is 0. The van der Waals surface area contributed by atoms with Gasteiger partial charge in [0.1, 0.15) is 0 Å². The molecule has 2 heterocycles. The molecule has 4 nitrogen and oxygen atoms in total. The molecular weight excluding hydrogens is 240 g/mol. The topological polar surface area (TPSA) is 61.4 Å². The number of amides is 1. The van der Waals surface area contributed by atoms with E-state index < -0.39 is 0 Å². The van der Waals surface area contributed by atoms with Gasteiger partial charge in [0, 0.05) is 24.5 Å². The minimum Gasteiger partial charge on any atom is -0.393 e. The molecule has 3 N–H and O–H groups in total. The van der Waals surface area contributed by atoms with Gasteiger partial charge in [-0.1, -0.05) is 0 Å². The maximum atomic E-state index is 12.1. The first-order valence-corrected chi connectivity index (χ1v) is 7.92. The Morgan fingerprint density at radius 1 is 1.05 bits per heavy atom. The van der Waals surface area contributed by atoms with Crippen LogP contribution in [0.4, 0.5) is 0 Å². The Bertz CT molecular complexity index is 314. The molecule has 0 radical (unpaired) electrons. The van der Waals surface area contributed by atoms with Crippen molar-refractivity contribution in [1.29, 1.82) is 0 Å². The zero-order chi connectivity index (χ0) is 13.2. The van der Waals surface area contributed by atoms with E-state index in [4.69, 9.17) is 0 Å². The van der Waals surface area contributed by atoms with Crippen LogP contribution in [0.15, 0.2) is 0 Å². The number of nitrogens with one attached hydrogen (secondary N) is 2. The molecule has 3 rings (SSSR count). The molecule has 2 aliphatic heterocycles. The van der Waals surface area contributed by atoms with Crippen LogP contribution in [0.2, 0.25) is 0 Å². The van der Waals surface area contributed by atoms with Crippen molar-refractivity contribution in [2.24, 2.45) is 5.92 Å². The van der Waals surface area contributed by atoms with Crippen LogP contribution in [0.3, 0.4) is 0 Å². The number of fused-ring (bicyclic) bond motifs is 2. The van der Waals surface area contributed by atoms with Crippen molar-refractivity contribution in [1.82, 2.24) is 10.6 Å². The van der Waals surface area contributed by atoms with Gasteiger partial charge in [-0.15, -0.1) is 0 Å². The number of piperidine rings is 1. The van der Waals surface area contributed by atoms with Crippen molar-refractivity contribution in [2.45, 2.75) is 82.0 Å². The molecule has 2 saturated heterocycles. The second-order valence-electron chi connectivity index (χ2n) is 6.75. The van der Waals surface area contributed by atoms with Crippen LogP contribution in [-0.2, 0) is 4.79 Å².